The van der Waals surface area contributed by atoms with E-state index in [1.54, 1.807) is 44.2 Å². The van der Waals surface area contributed by atoms with Crippen LogP contribution < -0.4 is 31.3 Å². The van der Waals surface area contributed by atoms with Crippen LogP contribution in [-0.2, 0) is 15.8 Å². The summed E-state index contributed by atoms with van der Waals surface area (Å²) >= 11 is 0. The zero-order valence-electron chi connectivity index (χ0n) is 30.2. The van der Waals surface area contributed by atoms with Gasteiger partial charge < -0.3 is 31.3 Å². The van der Waals surface area contributed by atoms with Crippen molar-refractivity contribution in [2.75, 3.05) is 43.2 Å². The van der Waals surface area contributed by atoms with Crippen molar-refractivity contribution in [2.24, 2.45) is 23.2 Å². The highest BCUT2D eigenvalue weighted by molar-refractivity contribution is 6.01. The van der Waals surface area contributed by atoms with Gasteiger partial charge >= 0.3 is 6.18 Å². The Morgan fingerprint density at radius 3 is 2.47 bits per heavy atom. The highest BCUT2D eigenvalue weighted by Crippen LogP contribution is 2.61. The second-order valence-electron chi connectivity index (χ2n) is 15.1. The van der Waals surface area contributed by atoms with Crippen LogP contribution in [0.4, 0.5) is 42.0 Å². The van der Waals surface area contributed by atoms with Crippen LogP contribution in [0, 0.1) is 30.1 Å². The summed E-state index contributed by atoms with van der Waals surface area (Å²) in [6.45, 7) is 5.07. The van der Waals surface area contributed by atoms with E-state index in [-0.39, 0.29) is 35.1 Å². The lowest BCUT2D eigenvalue weighted by Gasteiger charge is -2.61. The molecule has 4 bridgehead atoms. The zero-order chi connectivity index (χ0) is 37.7. The maximum absolute atomic E-state index is 14.1. The first kappa shape index (κ1) is 36.4. The molecule has 5 fully saturated rings. The summed E-state index contributed by atoms with van der Waals surface area (Å²) in [5, 5.41) is 14.4. The number of aromatic nitrogens is 2. The summed E-state index contributed by atoms with van der Waals surface area (Å²) in [6, 6.07) is 10.5. The smallest absolute Gasteiger partial charge is 0.421 e. The summed E-state index contributed by atoms with van der Waals surface area (Å²) in [4.78, 5) is 48.9. The molecule has 4 saturated carbocycles. The average molecular weight is 735 g/mol. The maximum atomic E-state index is 14.1. The fourth-order valence-electron chi connectivity index (χ4n) is 9.61. The van der Waals surface area contributed by atoms with Gasteiger partial charge in [-0.3, -0.25) is 19.3 Å². The number of likely N-dealkylation sites (tertiary alicyclic amines) is 1. The van der Waals surface area contributed by atoms with E-state index in [1.165, 1.54) is 20.2 Å². The molecule has 15 heteroatoms. The van der Waals surface area contributed by atoms with Gasteiger partial charge in [-0.1, -0.05) is 12.1 Å². The molecule has 4 aliphatic carbocycles. The Hall–Kier alpha value is -4.92. The molecule has 12 nitrogen and oxygen atoms in total. The topological polar surface area (TPSA) is 150 Å². The van der Waals surface area contributed by atoms with Crippen molar-refractivity contribution in [3.05, 3.63) is 59.3 Å². The van der Waals surface area contributed by atoms with Crippen molar-refractivity contribution in [2.45, 2.75) is 70.6 Å². The molecule has 5 N–H and O–H groups in total. The van der Waals surface area contributed by atoms with Crippen LogP contribution in [0.25, 0.3) is 0 Å². The monoisotopic (exact) mass is 734 g/mol. The molecule has 8 rings (SSSR count). The average Bonchev–Trinajstić information content (AvgIpc) is 3.55. The number of alkyl halides is 3. The van der Waals surface area contributed by atoms with Gasteiger partial charge in [0.1, 0.15) is 17.1 Å². The lowest BCUT2D eigenvalue weighted by molar-refractivity contribution is -0.150. The van der Waals surface area contributed by atoms with Gasteiger partial charge in [0.2, 0.25) is 17.8 Å². The number of benzene rings is 2. The zero-order valence-corrected chi connectivity index (χ0v) is 30.2. The third-order valence-electron chi connectivity index (χ3n) is 11.5. The summed E-state index contributed by atoms with van der Waals surface area (Å²) in [5.74, 6) is 0.587. The number of nitrogens with zero attached hydrogens (tertiary/aromatic N) is 3. The fraction of sp³-hybridized carbons (Fsp3) is 0.500. The Bertz CT molecular complexity index is 1910. The summed E-state index contributed by atoms with van der Waals surface area (Å²) < 4.78 is 47.9. The molecule has 53 heavy (non-hydrogen) atoms. The first-order valence-corrected chi connectivity index (χ1v) is 18.1. The second kappa shape index (κ2) is 14.1. The van der Waals surface area contributed by atoms with E-state index in [1.807, 2.05) is 0 Å². The summed E-state index contributed by atoms with van der Waals surface area (Å²) in [7, 11) is 2.89. The number of halogens is 3. The predicted octanol–water partition coefficient (Wildman–Crippen LogP) is 6.00. The van der Waals surface area contributed by atoms with E-state index in [0.717, 1.165) is 51.6 Å². The van der Waals surface area contributed by atoms with Gasteiger partial charge in [-0.2, -0.15) is 18.2 Å². The molecule has 2 heterocycles. The third-order valence-corrected chi connectivity index (χ3v) is 11.5. The molecule has 2 unspecified atom stereocenters. The van der Waals surface area contributed by atoms with E-state index in [4.69, 9.17) is 4.74 Å². The minimum absolute atomic E-state index is 0.00442. The first-order chi connectivity index (χ1) is 25.3. The fourth-order valence-corrected chi connectivity index (χ4v) is 9.61. The number of rotatable bonds is 10. The van der Waals surface area contributed by atoms with Gasteiger partial charge in [0, 0.05) is 57.1 Å². The van der Waals surface area contributed by atoms with Crippen LogP contribution in [0.1, 0.15) is 66.9 Å². The van der Waals surface area contributed by atoms with Crippen molar-refractivity contribution in [3.63, 3.8) is 0 Å². The van der Waals surface area contributed by atoms with Crippen LogP contribution in [0.5, 0.6) is 5.75 Å². The number of carbonyl (C=O) groups is 3. The number of anilines is 5. The molecule has 0 radical (unpaired) electrons. The molecular formula is C38H45F3N8O4. The molecule has 0 spiro atoms. The SMILES string of the molecule is CNC(=O)c1cccc(C)c1Nc1nc(Nc2ccc(NC(=O)C34CC5CC(C3)C(N3CC[C@H](NC(C)=O)C3)C(C5)C4)cc2OC)ncc1C(F)(F)F. The van der Waals surface area contributed by atoms with Crippen LogP contribution >= 0.6 is 0 Å². The van der Waals surface area contributed by atoms with Crippen molar-refractivity contribution < 1.29 is 32.3 Å². The van der Waals surface area contributed by atoms with E-state index in [2.05, 4.69) is 41.5 Å². The molecule has 2 aromatic carbocycles. The highest BCUT2D eigenvalue weighted by atomic mass is 19.4. The summed E-state index contributed by atoms with van der Waals surface area (Å²) in [6.07, 6.45) is 1.66. The molecular weight excluding hydrogens is 689 g/mol. The number of aryl methyl sites for hydroxylation is 1. The van der Waals surface area contributed by atoms with Gasteiger partial charge in [0.25, 0.3) is 5.91 Å². The maximum Gasteiger partial charge on any atom is 0.421 e. The van der Waals surface area contributed by atoms with E-state index in [9.17, 15) is 27.6 Å². The number of carbonyl (C=O) groups excluding carboxylic acids is 3. The van der Waals surface area contributed by atoms with Gasteiger partial charge in [0.15, 0.2) is 0 Å². The highest BCUT2D eigenvalue weighted by Gasteiger charge is 2.59. The number of ether oxygens (including phenoxy) is 1. The molecule has 282 valence electrons. The lowest BCUT2D eigenvalue weighted by Crippen LogP contribution is -2.61. The first-order valence-electron chi connectivity index (χ1n) is 18.1. The normalized spacial score (nSPS) is 26.2. The number of methoxy groups -OCH3 is 1. The second-order valence-corrected chi connectivity index (χ2v) is 15.1. The van der Waals surface area contributed by atoms with E-state index < -0.39 is 28.9 Å². The van der Waals surface area contributed by atoms with E-state index >= 15 is 0 Å². The number of amides is 3. The van der Waals surface area contributed by atoms with Crippen molar-refractivity contribution >= 4 is 46.5 Å². The standard InChI is InChI=1S/C38H45F3N8O4/c1-20-6-5-7-27(34(51)42-3)31(20)47-33-28(38(39,40)41)18-43-36(48-33)46-29-9-8-25(14-30(29)53-4)45-35(52)37-15-22-12-23(16-37)32(24(13-22)17-37)49-11-10-26(19-49)44-21(2)50/h5-9,14,18,22-24,26,32H,10-13,15-17,19H2,1-4H3,(H,42,51)(H,44,50)(H,45,52)(H2,43,46,47,48)/t22?,23?,24?,26-,32?,37?/m0/s1. The quantitative estimate of drug-likeness (QED) is 0.169. The predicted molar refractivity (Wildman–Crippen MR) is 193 cm³/mol. The molecule has 1 saturated heterocycles. The van der Waals surface area contributed by atoms with Gasteiger partial charge in [-0.25, -0.2) is 4.98 Å². The van der Waals surface area contributed by atoms with Crippen LogP contribution in [0.3, 0.4) is 0 Å². The Balaban J connectivity index is 1.07. The molecule has 1 aliphatic heterocycles. The van der Waals surface area contributed by atoms with Crippen molar-refractivity contribution in [3.8, 4) is 5.75 Å². The molecule has 3 atom stereocenters. The Morgan fingerprint density at radius 2 is 1.79 bits per heavy atom. The Labute approximate surface area is 306 Å². The largest absolute Gasteiger partial charge is 0.494 e. The van der Waals surface area contributed by atoms with Gasteiger partial charge in [0.05, 0.1) is 29.5 Å². The van der Waals surface area contributed by atoms with Crippen molar-refractivity contribution in [1.82, 2.24) is 25.5 Å². The molecule has 5 aliphatic rings. The van der Waals surface area contributed by atoms with Crippen LogP contribution in [0.15, 0.2) is 42.6 Å². The third kappa shape index (κ3) is 7.22. The molecule has 1 aromatic heterocycles. The number of para-hydroxylation sites is 1. The Kier molecular flexibility index (Phi) is 9.72. The molecule has 3 amide bonds. The van der Waals surface area contributed by atoms with Crippen LogP contribution in [-0.4, -0.2) is 71.9 Å². The van der Waals surface area contributed by atoms with E-state index in [0.29, 0.717) is 52.7 Å². The minimum atomic E-state index is -4.78. The lowest BCUT2D eigenvalue weighted by atomic mass is 9.47. The van der Waals surface area contributed by atoms with Crippen molar-refractivity contribution in [1.29, 1.82) is 0 Å². The number of hydrogen-bond acceptors (Lipinski definition) is 9. The van der Waals surface area contributed by atoms with Gasteiger partial charge in [-0.15, -0.1) is 0 Å². The van der Waals surface area contributed by atoms with Gasteiger partial charge in [-0.05, 0) is 87.0 Å². The summed E-state index contributed by atoms with van der Waals surface area (Å²) in [5.41, 5.74) is 0.248. The minimum Gasteiger partial charge on any atom is -0.494 e. The van der Waals surface area contributed by atoms with Crippen LogP contribution in [0.2, 0.25) is 0 Å². The Morgan fingerprint density at radius 1 is 1.04 bits per heavy atom. The molecule has 3 aromatic rings. The number of hydrogen-bond donors (Lipinski definition) is 5. The number of nitrogens with one attached hydrogen (secondary N) is 5.